The summed E-state index contributed by atoms with van der Waals surface area (Å²) in [5.41, 5.74) is 1.51. The average Bonchev–Trinajstić information content (AvgIpc) is 3.24. The maximum Gasteiger partial charge on any atom is 0.271 e. The minimum Gasteiger partial charge on any atom is -0.462 e. The van der Waals surface area contributed by atoms with Crippen LogP contribution < -0.4 is 5.32 Å². The van der Waals surface area contributed by atoms with Crippen LogP contribution in [0.25, 0.3) is 10.8 Å². The third-order valence-corrected chi connectivity index (χ3v) is 5.18. The van der Waals surface area contributed by atoms with Crippen molar-refractivity contribution >= 4 is 17.2 Å². The van der Waals surface area contributed by atoms with E-state index in [1.54, 1.807) is 6.26 Å². The normalized spacial score (nSPS) is 16.8. The van der Waals surface area contributed by atoms with Crippen LogP contribution in [0.3, 0.4) is 0 Å². The molecule has 4 heterocycles. The van der Waals surface area contributed by atoms with Crippen LogP contribution in [0, 0.1) is 13.8 Å². The molecular formula is C17H18N4O2S. The number of hydrogen-bond acceptors (Lipinski definition) is 5. The van der Waals surface area contributed by atoms with E-state index in [1.165, 1.54) is 11.3 Å². The number of nitrogens with zero attached hydrogens (tertiary/aromatic N) is 3. The van der Waals surface area contributed by atoms with E-state index < -0.39 is 0 Å². The Labute approximate surface area is 143 Å². The zero-order valence-corrected chi connectivity index (χ0v) is 14.4. The molecule has 1 unspecified atom stereocenters. The number of fused-ring (bicyclic) bond motifs is 1. The van der Waals surface area contributed by atoms with Gasteiger partial charge in [0, 0.05) is 30.1 Å². The van der Waals surface area contributed by atoms with Crippen LogP contribution >= 0.6 is 11.3 Å². The molecule has 124 valence electrons. The number of aryl methyl sites for hydroxylation is 3. The fraction of sp³-hybridized carbons (Fsp3) is 0.353. The molecule has 1 N–H and O–H groups in total. The molecule has 3 aromatic rings. The van der Waals surface area contributed by atoms with Gasteiger partial charge in [-0.25, -0.2) is 9.97 Å². The highest BCUT2D eigenvalue weighted by atomic mass is 32.1. The number of furan rings is 1. The Balaban J connectivity index is 1.49. The van der Waals surface area contributed by atoms with E-state index in [0.29, 0.717) is 11.5 Å². The van der Waals surface area contributed by atoms with Crippen molar-refractivity contribution in [3.63, 3.8) is 0 Å². The first-order valence-electron chi connectivity index (χ1n) is 7.95. The van der Waals surface area contributed by atoms with Crippen molar-refractivity contribution in [3.05, 3.63) is 46.7 Å². The topological polar surface area (TPSA) is 73.0 Å². The molecule has 0 spiro atoms. The summed E-state index contributed by atoms with van der Waals surface area (Å²) in [7, 11) is 0. The highest BCUT2D eigenvalue weighted by Crippen LogP contribution is 2.28. The third-order valence-electron chi connectivity index (χ3n) is 4.19. The predicted molar refractivity (Wildman–Crippen MR) is 91.1 cm³/mol. The first-order chi connectivity index (χ1) is 11.6. The molecule has 1 aliphatic heterocycles. The van der Waals surface area contributed by atoms with Crippen LogP contribution in [0.2, 0.25) is 0 Å². The summed E-state index contributed by atoms with van der Waals surface area (Å²) in [5, 5.41) is 3.85. The number of carbonyl (C=O) groups is 1. The molecule has 4 rings (SSSR count). The number of nitrogens with one attached hydrogen (secondary N) is 1. The minimum atomic E-state index is -0.119. The van der Waals surface area contributed by atoms with Crippen molar-refractivity contribution in [2.75, 3.05) is 0 Å². The maximum atomic E-state index is 12.6. The zero-order valence-electron chi connectivity index (χ0n) is 13.6. The minimum absolute atomic E-state index is 0.103. The van der Waals surface area contributed by atoms with E-state index in [0.717, 1.165) is 40.8 Å². The summed E-state index contributed by atoms with van der Waals surface area (Å²) in [6.07, 6.45) is 5.43. The number of hydrogen-bond donors (Lipinski definition) is 1. The fourth-order valence-electron chi connectivity index (χ4n) is 3.07. The molecule has 7 heteroatoms. The van der Waals surface area contributed by atoms with Gasteiger partial charge >= 0.3 is 0 Å². The van der Waals surface area contributed by atoms with Crippen LogP contribution in [0.1, 0.15) is 33.3 Å². The van der Waals surface area contributed by atoms with Crippen LogP contribution in [0.5, 0.6) is 0 Å². The van der Waals surface area contributed by atoms with E-state index in [1.807, 2.05) is 32.2 Å². The quantitative estimate of drug-likeness (QED) is 0.794. The van der Waals surface area contributed by atoms with Crippen molar-refractivity contribution in [1.29, 1.82) is 0 Å². The number of rotatable bonds is 3. The Morgan fingerprint density at radius 1 is 1.42 bits per heavy atom. The maximum absolute atomic E-state index is 12.6. The molecule has 3 aromatic heterocycles. The van der Waals surface area contributed by atoms with Crippen LogP contribution in [-0.4, -0.2) is 26.5 Å². The van der Waals surface area contributed by atoms with Gasteiger partial charge in [0.15, 0.2) is 10.8 Å². The molecule has 0 aromatic carbocycles. The Morgan fingerprint density at radius 2 is 2.29 bits per heavy atom. The molecule has 0 saturated carbocycles. The van der Waals surface area contributed by atoms with Crippen molar-refractivity contribution in [2.45, 2.75) is 39.3 Å². The summed E-state index contributed by atoms with van der Waals surface area (Å²) in [6, 6.07) is 3.77. The number of aromatic nitrogens is 3. The number of imidazole rings is 1. The third kappa shape index (κ3) is 2.75. The molecule has 0 saturated heterocycles. The first kappa shape index (κ1) is 15.1. The second-order valence-corrected chi connectivity index (χ2v) is 7.26. The van der Waals surface area contributed by atoms with Crippen molar-refractivity contribution in [2.24, 2.45) is 0 Å². The Hall–Kier alpha value is -2.41. The lowest BCUT2D eigenvalue weighted by atomic mass is 10.1. The van der Waals surface area contributed by atoms with E-state index in [-0.39, 0.29) is 11.9 Å². The van der Waals surface area contributed by atoms with Gasteiger partial charge in [-0.3, -0.25) is 4.79 Å². The number of amides is 1. The number of thiazole rings is 1. The van der Waals surface area contributed by atoms with Crippen LogP contribution in [0.4, 0.5) is 0 Å². The van der Waals surface area contributed by atoms with Gasteiger partial charge in [-0.15, -0.1) is 11.3 Å². The monoisotopic (exact) mass is 342 g/mol. The van der Waals surface area contributed by atoms with Gasteiger partial charge in [-0.2, -0.15) is 0 Å². The van der Waals surface area contributed by atoms with Gasteiger partial charge in [-0.05, 0) is 32.4 Å². The van der Waals surface area contributed by atoms with Crippen molar-refractivity contribution < 1.29 is 9.21 Å². The van der Waals surface area contributed by atoms with Gasteiger partial charge < -0.3 is 14.3 Å². The first-order valence-corrected chi connectivity index (χ1v) is 8.76. The summed E-state index contributed by atoms with van der Waals surface area (Å²) < 4.78 is 7.50. The second kappa shape index (κ2) is 5.90. The SMILES string of the molecule is Cc1cn2c(n1)CCC(NC(=O)c1nc(-c3ccco3)sc1C)C2. The smallest absolute Gasteiger partial charge is 0.271 e. The van der Waals surface area contributed by atoms with E-state index in [9.17, 15) is 4.79 Å². The lowest BCUT2D eigenvalue weighted by Gasteiger charge is -2.24. The molecule has 0 aliphatic carbocycles. The largest absolute Gasteiger partial charge is 0.462 e. The van der Waals surface area contributed by atoms with Gasteiger partial charge in [0.25, 0.3) is 5.91 Å². The molecule has 24 heavy (non-hydrogen) atoms. The standard InChI is InChI=1S/C17H18N4O2S/c1-10-8-21-9-12(5-6-14(21)18-10)19-16(22)15-11(2)24-17(20-15)13-4-3-7-23-13/h3-4,7-8,12H,5-6,9H2,1-2H3,(H,19,22). The van der Waals surface area contributed by atoms with E-state index in [2.05, 4.69) is 19.9 Å². The molecule has 0 fully saturated rings. The van der Waals surface area contributed by atoms with Crippen LogP contribution in [0.15, 0.2) is 29.0 Å². The Kier molecular flexibility index (Phi) is 3.72. The van der Waals surface area contributed by atoms with Gasteiger partial charge in [0.2, 0.25) is 0 Å². The molecule has 1 amide bonds. The average molecular weight is 342 g/mol. The zero-order chi connectivity index (χ0) is 16.7. The molecule has 1 aliphatic rings. The summed E-state index contributed by atoms with van der Waals surface area (Å²) in [6.45, 7) is 4.67. The number of carbonyl (C=O) groups excluding carboxylic acids is 1. The predicted octanol–water partition coefficient (Wildman–Crippen LogP) is 2.96. The van der Waals surface area contributed by atoms with E-state index >= 15 is 0 Å². The van der Waals surface area contributed by atoms with Crippen molar-refractivity contribution in [3.8, 4) is 10.8 Å². The van der Waals surface area contributed by atoms with Crippen molar-refractivity contribution in [1.82, 2.24) is 19.9 Å². The van der Waals surface area contributed by atoms with Gasteiger partial charge in [0.1, 0.15) is 11.5 Å². The Bertz CT molecular complexity index is 879. The fourth-order valence-corrected chi connectivity index (χ4v) is 3.95. The van der Waals surface area contributed by atoms with E-state index in [4.69, 9.17) is 4.42 Å². The summed E-state index contributed by atoms with van der Waals surface area (Å²) in [4.78, 5) is 22.5. The lowest BCUT2D eigenvalue weighted by molar-refractivity contribution is 0.0922. The van der Waals surface area contributed by atoms with Crippen LogP contribution in [-0.2, 0) is 13.0 Å². The molecule has 1 atom stereocenters. The van der Waals surface area contributed by atoms with Gasteiger partial charge in [-0.1, -0.05) is 0 Å². The lowest BCUT2D eigenvalue weighted by Crippen LogP contribution is -2.41. The molecular weight excluding hydrogens is 324 g/mol. The Morgan fingerprint density at radius 3 is 3.08 bits per heavy atom. The highest BCUT2D eigenvalue weighted by Gasteiger charge is 2.24. The molecule has 6 nitrogen and oxygen atoms in total. The summed E-state index contributed by atoms with van der Waals surface area (Å²) >= 11 is 1.47. The van der Waals surface area contributed by atoms with Gasteiger partial charge in [0.05, 0.1) is 12.0 Å². The summed E-state index contributed by atoms with van der Waals surface area (Å²) in [5.74, 6) is 1.67. The molecule has 0 bridgehead atoms. The highest BCUT2D eigenvalue weighted by molar-refractivity contribution is 7.15. The second-order valence-electron chi connectivity index (χ2n) is 6.06. The molecule has 0 radical (unpaired) electrons.